The lowest BCUT2D eigenvalue weighted by atomic mass is 10.0. The van der Waals surface area contributed by atoms with Crippen LogP contribution in [0.5, 0.6) is 0 Å². The van der Waals surface area contributed by atoms with E-state index in [0.29, 0.717) is 21.3 Å². The molecule has 2 N–H and O–H groups in total. The molecule has 0 aromatic carbocycles. The number of rotatable bonds is 16. The third kappa shape index (κ3) is 10.2. The van der Waals surface area contributed by atoms with Crippen molar-refractivity contribution in [2.45, 2.75) is 90.8 Å². The Morgan fingerprint density at radius 3 is 1.45 bits per heavy atom. The lowest BCUT2D eigenvalue weighted by Crippen LogP contribution is -2.49. The number of hydrogen-bond donors (Lipinski definition) is 2. The largest absolute Gasteiger partial charge is 0.442 e. The van der Waals surface area contributed by atoms with E-state index in [1.165, 1.54) is 24.3 Å². The Labute approximate surface area is 306 Å². The fraction of sp³-hybridized carbons (Fsp3) is 0.667. The van der Waals surface area contributed by atoms with Crippen LogP contribution in [0.2, 0.25) is 0 Å². The summed E-state index contributed by atoms with van der Waals surface area (Å²) in [5, 5.41) is 15.2. The van der Waals surface area contributed by atoms with Crippen LogP contribution >= 0.6 is 0 Å². The van der Waals surface area contributed by atoms with Crippen LogP contribution in [0.25, 0.3) is 0 Å². The second-order valence-electron chi connectivity index (χ2n) is 14.3. The van der Waals surface area contributed by atoms with E-state index < -0.39 is 69.6 Å². The highest BCUT2D eigenvalue weighted by Crippen LogP contribution is 2.34. The van der Waals surface area contributed by atoms with Gasteiger partial charge in [-0.1, -0.05) is 22.4 Å². The van der Waals surface area contributed by atoms with E-state index in [2.05, 4.69) is 20.8 Å². The van der Waals surface area contributed by atoms with E-state index >= 15 is 0 Å². The van der Waals surface area contributed by atoms with Crippen molar-refractivity contribution in [3.05, 3.63) is 23.3 Å². The maximum atomic E-state index is 13.4. The average Bonchev–Trinajstić information content (AvgIpc) is 3.46. The summed E-state index contributed by atoms with van der Waals surface area (Å²) in [4.78, 5) is 87.7. The highest BCUT2D eigenvalue weighted by atomic mass is 32.3. The molecular weight excluding hydrogens is 724 g/mol. The molecule has 4 aliphatic heterocycles. The van der Waals surface area contributed by atoms with Crippen LogP contribution < -0.4 is 10.6 Å². The highest BCUT2D eigenvalue weighted by molar-refractivity contribution is 7.81. The molecule has 0 aromatic rings. The van der Waals surface area contributed by atoms with Crippen LogP contribution in [0.4, 0.5) is 9.59 Å². The number of carbonyl (C=O) groups is 4. The Morgan fingerprint density at radius 2 is 1.13 bits per heavy atom. The van der Waals surface area contributed by atoms with Gasteiger partial charge in [0, 0.05) is 13.1 Å². The van der Waals surface area contributed by atoms with Gasteiger partial charge in [-0.05, 0) is 66.5 Å². The van der Waals surface area contributed by atoms with Crippen molar-refractivity contribution in [3.63, 3.8) is 0 Å². The molecule has 0 aliphatic carbocycles. The van der Waals surface area contributed by atoms with Gasteiger partial charge in [0.1, 0.15) is 24.2 Å². The van der Waals surface area contributed by atoms with Gasteiger partial charge in [0.05, 0.1) is 37.4 Å². The molecule has 4 heterocycles. The van der Waals surface area contributed by atoms with Crippen molar-refractivity contribution in [3.8, 4) is 0 Å². The monoisotopic (exact) mass is 768 g/mol. The van der Waals surface area contributed by atoms with Gasteiger partial charge in [0.15, 0.2) is 0 Å². The number of hydroxylamine groups is 6. The number of hydrazone groups is 2. The zero-order valence-corrected chi connectivity index (χ0v) is 31.4. The van der Waals surface area contributed by atoms with Crippen molar-refractivity contribution in [1.82, 2.24) is 40.9 Å². The van der Waals surface area contributed by atoms with Crippen LogP contribution in [0.1, 0.15) is 55.4 Å². The molecule has 0 radical (unpaired) electrons. The van der Waals surface area contributed by atoms with Gasteiger partial charge in [0.2, 0.25) is 11.8 Å². The van der Waals surface area contributed by atoms with Crippen molar-refractivity contribution in [1.29, 1.82) is 0 Å². The van der Waals surface area contributed by atoms with Gasteiger partial charge in [-0.2, -0.15) is 28.9 Å². The first-order valence-corrected chi connectivity index (χ1v) is 17.8. The van der Waals surface area contributed by atoms with E-state index in [4.69, 9.17) is 18.2 Å². The molecule has 0 aromatic heterocycles. The lowest BCUT2D eigenvalue weighted by molar-refractivity contribution is -0.228. The topological polar surface area (TPSA) is 242 Å². The summed E-state index contributed by atoms with van der Waals surface area (Å²) >= 11 is 0. The third-order valence-electron chi connectivity index (χ3n) is 7.89. The Hall–Kier alpha value is -4.89. The van der Waals surface area contributed by atoms with Crippen LogP contribution in [-0.2, 0) is 47.8 Å². The normalized spacial score (nSPS) is 22.5. The lowest BCUT2D eigenvalue weighted by Gasteiger charge is -2.28. The highest BCUT2D eigenvalue weighted by Gasteiger charge is 2.52. The molecule has 0 spiro atoms. The van der Waals surface area contributed by atoms with E-state index in [1.54, 1.807) is 55.4 Å². The smallest absolute Gasteiger partial charge is 0.352 e. The predicted molar refractivity (Wildman–Crippen MR) is 179 cm³/mol. The number of isocyanates is 2. The first-order valence-electron chi connectivity index (χ1n) is 16.5. The molecular formula is C30H44N10O12S. The Kier molecular flexibility index (Phi) is 12.3. The van der Waals surface area contributed by atoms with Gasteiger partial charge in [-0.3, -0.25) is 19.3 Å². The molecule has 4 aliphatic rings. The summed E-state index contributed by atoms with van der Waals surface area (Å²) in [5.41, 5.74) is -0.481. The van der Waals surface area contributed by atoms with E-state index in [1.807, 2.05) is 0 Å². The zero-order valence-electron chi connectivity index (χ0n) is 30.6. The summed E-state index contributed by atoms with van der Waals surface area (Å²) in [6, 6.07) is -5.97. The third-order valence-corrected chi connectivity index (χ3v) is 8.57. The van der Waals surface area contributed by atoms with Gasteiger partial charge in [-0.15, -0.1) is 8.57 Å². The molecule has 22 nitrogen and oxygen atoms in total. The molecule has 53 heavy (non-hydrogen) atoms. The number of carbonyl (C=O) groups excluding carboxylic acids is 6. The minimum Gasteiger partial charge on any atom is -0.352 e. The minimum absolute atomic E-state index is 0.0212. The molecule has 4 rings (SSSR count). The van der Waals surface area contributed by atoms with Crippen molar-refractivity contribution < 1.29 is 55.4 Å². The fourth-order valence-electron chi connectivity index (χ4n) is 5.75. The number of fused-ring (bicyclic) bond motifs is 4. The average molecular weight is 769 g/mol. The fourth-order valence-corrected chi connectivity index (χ4v) is 6.50. The van der Waals surface area contributed by atoms with Crippen molar-refractivity contribution in [2.24, 2.45) is 10.2 Å². The number of nitrogens with one attached hydrogen (secondary N) is 2. The maximum absolute atomic E-state index is 13.4. The summed E-state index contributed by atoms with van der Waals surface area (Å²) in [6.07, 6.45) is 5.71. The summed E-state index contributed by atoms with van der Waals surface area (Å²) in [5.74, 6) is -1.20. The molecule has 6 amide bonds. The quantitative estimate of drug-likeness (QED) is 0.0892. The molecule has 4 atom stereocenters. The number of urea groups is 2. The summed E-state index contributed by atoms with van der Waals surface area (Å²) in [6.45, 7) is 13.3. The van der Waals surface area contributed by atoms with Crippen LogP contribution in [-0.4, -0.2) is 149 Å². The van der Waals surface area contributed by atoms with Crippen molar-refractivity contribution in [2.75, 3.05) is 39.3 Å². The second-order valence-corrected chi connectivity index (χ2v) is 15.5. The zero-order chi connectivity index (χ0) is 39.5. The number of amides is 6. The standard InChI is InChI=1S/C30H44N10O12S/c1-19-13-21(25(43)31-9-11-37(33-17-41)49-29(3,4)5)35-15-23(19)39(27(35)45)51-53(47,48)52-40-24-16-36(28(40)46)22(14-20(24)2)26(44)32-10-12-38(34-18-42)50-30(6,7)8/h13-14,21-24H,9-12,15-16H2,1-8H3,(H,31,43)(H,32,44). The second kappa shape index (κ2) is 16.0. The van der Waals surface area contributed by atoms with Crippen molar-refractivity contribution >= 4 is 46.4 Å². The Balaban J connectivity index is 1.35. The molecule has 0 saturated carbocycles. The molecule has 2 saturated heterocycles. The molecule has 4 unspecified atom stereocenters. The Morgan fingerprint density at radius 1 is 0.774 bits per heavy atom. The SMILES string of the molecule is CC1=CC(C(=O)NCCN(N=C=O)OC(C)(C)C)N2CC1N(OS(=O)(=O)ON1C(=O)N3CC1C(C)=CC3C(=O)NCCN(N=C=O)OC(C)(C)C)C2=O. The first-order chi connectivity index (χ1) is 24.6. The number of hydrogen-bond acceptors (Lipinski definition) is 16. The van der Waals surface area contributed by atoms with Gasteiger partial charge in [-0.25, -0.2) is 19.2 Å². The van der Waals surface area contributed by atoms with E-state index in [-0.39, 0.29) is 39.3 Å². The first kappa shape index (κ1) is 40.9. The summed E-state index contributed by atoms with van der Waals surface area (Å²) in [7, 11) is -5.12. The molecule has 23 heteroatoms. The Bertz CT molecular complexity index is 1610. The minimum atomic E-state index is -5.12. The van der Waals surface area contributed by atoms with Gasteiger partial charge >= 0.3 is 22.5 Å². The number of nitrogens with zero attached hydrogens (tertiary/aromatic N) is 8. The molecule has 4 bridgehead atoms. The summed E-state index contributed by atoms with van der Waals surface area (Å²) < 4.78 is 36.6. The maximum Gasteiger partial charge on any atom is 0.442 e. The van der Waals surface area contributed by atoms with Crippen LogP contribution in [0, 0.1) is 0 Å². The van der Waals surface area contributed by atoms with E-state index in [0.717, 1.165) is 20.1 Å². The van der Waals surface area contributed by atoms with Crippen LogP contribution in [0.15, 0.2) is 33.5 Å². The van der Waals surface area contributed by atoms with Gasteiger partial charge < -0.3 is 20.4 Å². The van der Waals surface area contributed by atoms with Crippen LogP contribution in [0.3, 0.4) is 0 Å². The van der Waals surface area contributed by atoms with Gasteiger partial charge in [0.25, 0.3) is 12.2 Å². The predicted octanol–water partition coefficient (Wildman–Crippen LogP) is -0.238. The molecule has 292 valence electrons. The molecule has 2 fully saturated rings. The van der Waals surface area contributed by atoms with E-state index in [9.17, 15) is 37.2 Å².